The monoisotopic (exact) mass is 853 g/mol. The maximum absolute atomic E-state index is 12.9. The number of Topliss-reactive ketones (excluding diaryl/α,β-unsaturated/α-hetero) is 1. The third-order valence-electron chi connectivity index (χ3n) is 7.87. The molecule has 0 heterocycles. The summed E-state index contributed by atoms with van der Waals surface area (Å²) in [6, 6.07) is 2.96. The third-order valence-corrected chi connectivity index (χ3v) is 7.87. The summed E-state index contributed by atoms with van der Waals surface area (Å²) in [6.45, 7) is 14.7. The predicted molar refractivity (Wildman–Crippen MR) is 221 cm³/mol. The van der Waals surface area contributed by atoms with E-state index in [1.165, 1.54) is 18.2 Å². The van der Waals surface area contributed by atoms with Gasteiger partial charge in [-0.3, -0.25) is 33.6 Å². The fraction of sp³-hybridized carbons (Fsp3) is 0.650. The Hall–Kier alpha value is -5.18. The van der Waals surface area contributed by atoms with Crippen LogP contribution in [0.5, 0.6) is 0 Å². The molecular formula is C40H67N7O13. The number of carbonyl (C=O) groups excluding carboxylic acids is 8. The summed E-state index contributed by atoms with van der Waals surface area (Å²) in [4.78, 5) is 95.3. The molecule has 1 rings (SSSR count). The van der Waals surface area contributed by atoms with Gasteiger partial charge in [-0.15, -0.1) is 0 Å². The molecule has 0 fully saturated rings. The number of esters is 1. The number of hydrogen-bond donors (Lipinski definition) is 7. The lowest BCUT2D eigenvalue weighted by molar-refractivity contribution is -0.148. The fourth-order valence-corrected chi connectivity index (χ4v) is 4.47. The quantitative estimate of drug-likeness (QED) is 0.0419. The van der Waals surface area contributed by atoms with Crippen LogP contribution in [0.4, 0.5) is 10.5 Å². The summed E-state index contributed by atoms with van der Waals surface area (Å²) < 4.78 is 26.9. The average Bonchev–Trinajstić information content (AvgIpc) is 3.19. The van der Waals surface area contributed by atoms with Gasteiger partial charge in [0.15, 0.2) is 0 Å². The van der Waals surface area contributed by atoms with E-state index >= 15 is 0 Å². The summed E-state index contributed by atoms with van der Waals surface area (Å²) >= 11 is 0. The lowest BCUT2D eigenvalue weighted by Crippen LogP contribution is -2.51. The van der Waals surface area contributed by atoms with E-state index in [9.17, 15) is 38.4 Å². The number of amides is 7. The van der Waals surface area contributed by atoms with Gasteiger partial charge in [0.1, 0.15) is 18.4 Å². The SMILES string of the molecule is CC(C)C(=O)CCOCCOCCOCCOCCC(=O)NC(C(=O)NCC(=O)Nc1ccc(COC(=O)C(C)C)c(C(=O)NCC(N)=O)c1)C(C)C.CCCNC(N)=O. The lowest BCUT2D eigenvalue weighted by atomic mass is 10.0. The van der Waals surface area contributed by atoms with Gasteiger partial charge in [-0.25, -0.2) is 4.79 Å². The topological polar surface area (TPSA) is 295 Å². The smallest absolute Gasteiger partial charge is 0.312 e. The molecule has 20 heteroatoms. The van der Waals surface area contributed by atoms with E-state index < -0.39 is 60.7 Å². The van der Waals surface area contributed by atoms with Crippen LogP contribution in [0, 0.1) is 17.8 Å². The van der Waals surface area contributed by atoms with Gasteiger partial charge in [-0.1, -0.05) is 54.5 Å². The number of carbonyl (C=O) groups is 8. The second kappa shape index (κ2) is 32.6. The number of ether oxygens (including phenoxy) is 5. The number of ketones is 1. The Bertz CT molecular complexity index is 1510. The summed E-state index contributed by atoms with van der Waals surface area (Å²) in [5, 5.41) is 12.6. The van der Waals surface area contributed by atoms with Crippen LogP contribution < -0.4 is 38.1 Å². The van der Waals surface area contributed by atoms with Gasteiger partial charge in [-0.2, -0.15) is 0 Å². The van der Waals surface area contributed by atoms with Crippen molar-refractivity contribution in [2.45, 2.75) is 80.4 Å². The number of nitrogens with one attached hydrogen (secondary N) is 5. The highest BCUT2D eigenvalue weighted by Gasteiger charge is 2.25. The molecule has 0 aromatic heterocycles. The second-order valence-corrected chi connectivity index (χ2v) is 14.2. The molecule has 0 aliphatic heterocycles. The Balaban J connectivity index is 0.00000453. The summed E-state index contributed by atoms with van der Waals surface area (Å²) in [5.74, 6) is -4.01. The van der Waals surface area contributed by atoms with Crippen molar-refractivity contribution in [3.63, 3.8) is 0 Å². The minimum absolute atomic E-state index is 0.00484. The van der Waals surface area contributed by atoms with Crippen molar-refractivity contribution in [1.29, 1.82) is 0 Å². The van der Waals surface area contributed by atoms with Crippen LogP contribution in [-0.2, 0) is 59.1 Å². The molecular weight excluding hydrogens is 786 g/mol. The third kappa shape index (κ3) is 27.5. The molecule has 1 aromatic rings. The zero-order chi connectivity index (χ0) is 45.5. The first-order valence-corrected chi connectivity index (χ1v) is 20.0. The van der Waals surface area contributed by atoms with Gasteiger partial charge < -0.3 is 61.7 Å². The highest BCUT2D eigenvalue weighted by atomic mass is 16.6. The Labute approximate surface area is 352 Å². The van der Waals surface area contributed by atoms with Crippen LogP contribution in [0.2, 0.25) is 0 Å². The molecule has 0 radical (unpaired) electrons. The highest BCUT2D eigenvalue weighted by molar-refractivity contribution is 6.00. The molecule has 0 bridgehead atoms. The van der Waals surface area contributed by atoms with Crippen LogP contribution in [0.1, 0.15) is 83.7 Å². The minimum Gasteiger partial charge on any atom is -0.461 e. The lowest BCUT2D eigenvalue weighted by Gasteiger charge is -2.21. The van der Waals surface area contributed by atoms with E-state index in [1.54, 1.807) is 27.7 Å². The van der Waals surface area contributed by atoms with Gasteiger partial charge in [0.05, 0.1) is 71.9 Å². The Morgan fingerprint density at radius 2 is 1.23 bits per heavy atom. The molecule has 0 spiro atoms. The molecule has 1 atom stereocenters. The number of nitrogens with two attached hydrogens (primary N) is 2. The zero-order valence-electron chi connectivity index (χ0n) is 36.1. The molecule has 7 amide bonds. The van der Waals surface area contributed by atoms with Crippen LogP contribution >= 0.6 is 0 Å². The number of urea groups is 1. The number of rotatable bonds is 30. The van der Waals surface area contributed by atoms with Crippen LogP contribution in [-0.4, -0.2) is 126 Å². The first kappa shape index (κ1) is 54.8. The largest absolute Gasteiger partial charge is 0.461 e. The predicted octanol–water partition coefficient (Wildman–Crippen LogP) is 0.933. The number of primary amides is 2. The minimum atomic E-state index is -0.917. The van der Waals surface area contributed by atoms with Crippen molar-refractivity contribution in [3.05, 3.63) is 29.3 Å². The maximum Gasteiger partial charge on any atom is 0.312 e. The van der Waals surface area contributed by atoms with Gasteiger partial charge >= 0.3 is 12.0 Å². The molecule has 60 heavy (non-hydrogen) atoms. The molecule has 20 nitrogen and oxygen atoms in total. The molecule has 1 unspecified atom stereocenters. The number of benzene rings is 1. The normalized spacial score (nSPS) is 11.2. The van der Waals surface area contributed by atoms with Crippen molar-refractivity contribution >= 4 is 53.0 Å². The van der Waals surface area contributed by atoms with Crippen molar-refractivity contribution in [1.82, 2.24) is 21.3 Å². The summed E-state index contributed by atoms with van der Waals surface area (Å²) in [5.41, 5.74) is 10.4. The summed E-state index contributed by atoms with van der Waals surface area (Å²) in [6.07, 6.45) is 1.33. The Morgan fingerprint density at radius 3 is 1.72 bits per heavy atom. The van der Waals surface area contributed by atoms with E-state index in [4.69, 9.17) is 35.2 Å². The van der Waals surface area contributed by atoms with E-state index in [-0.39, 0.29) is 61.0 Å². The molecule has 340 valence electrons. The average molecular weight is 854 g/mol. The fourth-order valence-electron chi connectivity index (χ4n) is 4.47. The van der Waals surface area contributed by atoms with E-state index in [0.29, 0.717) is 58.2 Å². The van der Waals surface area contributed by atoms with Crippen molar-refractivity contribution in [2.75, 3.05) is 77.8 Å². The maximum atomic E-state index is 12.9. The molecule has 9 N–H and O–H groups in total. The van der Waals surface area contributed by atoms with Crippen LogP contribution in [0.25, 0.3) is 0 Å². The number of hydrogen-bond acceptors (Lipinski definition) is 13. The van der Waals surface area contributed by atoms with Gasteiger partial charge in [0.2, 0.25) is 23.6 Å². The van der Waals surface area contributed by atoms with Crippen molar-refractivity contribution < 1.29 is 62.0 Å². The van der Waals surface area contributed by atoms with E-state index in [2.05, 4.69) is 26.6 Å². The first-order valence-electron chi connectivity index (χ1n) is 20.0. The van der Waals surface area contributed by atoms with Crippen LogP contribution in [0.3, 0.4) is 0 Å². The molecule has 0 saturated carbocycles. The molecule has 0 aliphatic rings. The zero-order valence-corrected chi connectivity index (χ0v) is 36.1. The highest BCUT2D eigenvalue weighted by Crippen LogP contribution is 2.18. The first-order chi connectivity index (χ1) is 28.4. The Morgan fingerprint density at radius 1 is 0.667 bits per heavy atom. The van der Waals surface area contributed by atoms with Crippen molar-refractivity contribution in [3.8, 4) is 0 Å². The second-order valence-electron chi connectivity index (χ2n) is 14.2. The Kier molecular flexibility index (Phi) is 29.8. The van der Waals surface area contributed by atoms with Gasteiger partial charge in [0.25, 0.3) is 5.91 Å². The molecule has 0 saturated heterocycles. The summed E-state index contributed by atoms with van der Waals surface area (Å²) in [7, 11) is 0. The standard InChI is InChI=1S/C36H57N5O12.C4H10N2O/c1-23(2)29(42)9-11-49-13-15-51-17-18-52-16-14-50-12-10-31(44)41-33(24(3)4)35(47)39-21-32(45)40-27-8-7-26(22-53-36(48)25(5)6)28(19-27)34(46)38-20-30(37)43;1-2-3-6-4(5)7/h7-8,19,23-25,33H,9-18,20-22H2,1-6H3,(H2,37,43)(H,38,46)(H,39,47)(H,40,45)(H,41,44);2-3H2,1H3,(H3,5,6,7). The van der Waals surface area contributed by atoms with E-state index in [0.717, 1.165) is 6.42 Å². The van der Waals surface area contributed by atoms with Crippen LogP contribution in [0.15, 0.2) is 18.2 Å². The molecule has 0 aliphatic carbocycles. The number of anilines is 1. The van der Waals surface area contributed by atoms with Crippen molar-refractivity contribution in [2.24, 2.45) is 29.2 Å². The molecule has 1 aromatic carbocycles. The van der Waals surface area contributed by atoms with E-state index in [1.807, 2.05) is 20.8 Å². The van der Waals surface area contributed by atoms with Gasteiger partial charge in [-0.05, 0) is 24.5 Å². The van der Waals surface area contributed by atoms with Gasteiger partial charge in [0, 0.05) is 42.1 Å².